The SMILES string of the molecule is CC1=C(C(=O)Cc2ccc3cnccc3c2)C(c2ccc(C(F)(F)F)c(F)c2)n2nc(NC(=O)OC(C)(C)C)cc2C1. The number of nitrogens with zero attached hydrogens (tertiary/aromatic N) is 3. The molecular weight excluding hydrogens is 552 g/mol. The molecule has 4 aromatic rings. The van der Waals surface area contributed by atoms with Gasteiger partial charge in [0.15, 0.2) is 11.6 Å². The lowest BCUT2D eigenvalue weighted by Crippen LogP contribution is -2.29. The number of carbonyl (C=O) groups is 2. The number of nitrogens with one attached hydrogen (secondary N) is 1. The van der Waals surface area contributed by atoms with Crippen LogP contribution in [0.3, 0.4) is 0 Å². The van der Waals surface area contributed by atoms with Gasteiger partial charge in [0.1, 0.15) is 17.5 Å². The van der Waals surface area contributed by atoms with E-state index < -0.39 is 35.3 Å². The third kappa shape index (κ3) is 6.05. The number of amides is 1. The lowest BCUT2D eigenvalue weighted by molar-refractivity contribution is -0.140. The number of pyridine rings is 1. The lowest BCUT2D eigenvalue weighted by Gasteiger charge is -2.29. The highest BCUT2D eigenvalue weighted by Crippen LogP contribution is 2.39. The molecule has 42 heavy (non-hydrogen) atoms. The quantitative estimate of drug-likeness (QED) is 0.252. The van der Waals surface area contributed by atoms with Crippen molar-refractivity contribution in [2.24, 2.45) is 0 Å². The van der Waals surface area contributed by atoms with Gasteiger partial charge in [-0.3, -0.25) is 19.8 Å². The maximum absolute atomic E-state index is 14.8. The predicted octanol–water partition coefficient (Wildman–Crippen LogP) is 7.21. The van der Waals surface area contributed by atoms with Crippen molar-refractivity contribution >= 4 is 28.5 Å². The Kier molecular flexibility index (Phi) is 7.38. The van der Waals surface area contributed by atoms with Gasteiger partial charge in [-0.05, 0) is 62.4 Å². The molecule has 7 nitrogen and oxygen atoms in total. The molecule has 0 bridgehead atoms. The summed E-state index contributed by atoms with van der Waals surface area (Å²) in [6.45, 7) is 6.87. The molecule has 218 valence electrons. The van der Waals surface area contributed by atoms with Crippen LogP contribution in [0.2, 0.25) is 0 Å². The number of benzene rings is 2. The molecule has 0 aliphatic carbocycles. The van der Waals surface area contributed by atoms with Gasteiger partial charge in [-0.15, -0.1) is 0 Å². The number of allylic oxidation sites excluding steroid dienone is 2. The summed E-state index contributed by atoms with van der Waals surface area (Å²) in [5, 5.41) is 8.83. The van der Waals surface area contributed by atoms with E-state index in [0.29, 0.717) is 22.9 Å². The molecule has 0 saturated carbocycles. The number of ether oxygens (including phenoxy) is 1. The van der Waals surface area contributed by atoms with Crippen LogP contribution in [-0.4, -0.2) is 32.2 Å². The number of halogens is 4. The summed E-state index contributed by atoms with van der Waals surface area (Å²) in [5.74, 6) is -1.62. The Bertz CT molecular complexity index is 1730. The van der Waals surface area contributed by atoms with E-state index in [1.165, 1.54) is 4.68 Å². The third-order valence-electron chi connectivity index (χ3n) is 6.85. The Morgan fingerprint density at radius 1 is 1.05 bits per heavy atom. The van der Waals surface area contributed by atoms with Gasteiger partial charge in [-0.2, -0.15) is 18.3 Å². The van der Waals surface area contributed by atoms with Crippen molar-refractivity contribution < 1.29 is 31.9 Å². The third-order valence-corrected chi connectivity index (χ3v) is 6.85. The number of alkyl halides is 3. The van der Waals surface area contributed by atoms with Crippen LogP contribution >= 0.6 is 0 Å². The number of Topliss-reactive ketones (excluding diaryl/α,β-unsaturated/α-hetero) is 1. The van der Waals surface area contributed by atoms with Crippen LogP contribution < -0.4 is 5.32 Å². The highest BCUT2D eigenvalue weighted by Gasteiger charge is 2.37. The Morgan fingerprint density at radius 2 is 1.81 bits per heavy atom. The molecule has 5 rings (SSSR count). The number of aromatic nitrogens is 3. The van der Waals surface area contributed by atoms with Gasteiger partial charge in [0.2, 0.25) is 0 Å². The van der Waals surface area contributed by atoms with Crippen LogP contribution in [0.5, 0.6) is 0 Å². The molecule has 2 aromatic heterocycles. The first-order chi connectivity index (χ1) is 19.7. The average Bonchev–Trinajstić information content (AvgIpc) is 3.27. The zero-order valence-electron chi connectivity index (χ0n) is 23.3. The minimum atomic E-state index is -4.88. The van der Waals surface area contributed by atoms with E-state index in [2.05, 4.69) is 15.4 Å². The Morgan fingerprint density at radius 3 is 2.50 bits per heavy atom. The van der Waals surface area contributed by atoms with E-state index in [4.69, 9.17) is 4.74 Å². The van der Waals surface area contributed by atoms with Crippen molar-refractivity contribution in [2.45, 2.75) is 58.4 Å². The number of anilines is 1. The summed E-state index contributed by atoms with van der Waals surface area (Å²) in [6, 6.07) is 10.5. The number of carbonyl (C=O) groups excluding carboxylic acids is 2. The first-order valence-electron chi connectivity index (χ1n) is 13.2. The van der Waals surface area contributed by atoms with Gasteiger partial charge >= 0.3 is 12.3 Å². The molecule has 1 amide bonds. The second-order valence-corrected chi connectivity index (χ2v) is 11.3. The molecule has 1 aliphatic rings. The zero-order valence-corrected chi connectivity index (χ0v) is 23.3. The van der Waals surface area contributed by atoms with E-state index in [9.17, 15) is 27.2 Å². The summed E-state index contributed by atoms with van der Waals surface area (Å²) in [7, 11) is 0. The smallest absolute Gasteiger partial charge is 0.419 e. The summed E-state index contributed by atoms with van der Waals surface area (Å²) >= 11 is 0. The maximum Gasteiger partial charge on any atom is 0.419 e. The standard InChI is InChI=1S/C31H28F4N4O3/c1-17-11-22-15-26(37-29(41)42-30(2,3)4)38-39(22)28(20-7-8-23(24(32)14-20)31(33,34)35)27(17)25(40)13-18-5-6-21-16-36-10-9-19(21)12-18/h5-10,12,14-16,28H,11,13H2,1-4H3,(H,37,38,41). The molecule has 0 fully saturated rings. The van der Waals surface area contributed by atoms with Crippen LogP contribution in [0.1, 0.15) is 56.1 Å². The fourth-order valence-corrected chi connectivity index (χ4v) is 5.13. The fourth-order valence-electron chi connectivity index (χ4n) is 5.13. The Labute approximate surface area is 239 Å². The highest BCUT2D eigenvalue weighted by atomic mass is 19.4. The maximum atomic E-state index is 14.8. The monoisotopic (exact) mass is 580 g/mol. The lowest BCUT2D eigenvalue weighted by atomic mass is 9.85. The normalized spacial score (nSPS) is 15.5. The van der Waals surface area contributed by atoms with E-state index in [1.54, 1.807) is 46.2 Å². The number of ketones is 1. The second kappa shape index (κ2) is 10.7. The predicted molar refractivity (Wildman–Crippen MR) is 148 cm³/mol. The number of rotatable bonds is 5. The molecule has 2 aromatic carbocycles. The fraction of sp³-hybridized carbons (Fsp3) is 0.290. The van der Waals surface area contributed by atoms with Crippen LogP contribution in [0.4, 0.5) is 28.2 Å². The Balaban J connectivity index is 1.55. The van der Waals surface area contributed by atoms with Crippen molar-refractivity contribution in [3.8, 4) is 0 Å². The highest BCUT2D eigenvalue weighted by molar-refractivity contribution is 6.00. The molecule has 0 saturated heterocycles. The van der Waals surface area contributed by atoms with Gasteiger partial charge in [0, 0.05) is 48.0 Å². The van der Waals surface area contributed by atoms with Crippen molar-refractivity contribution in [2.75, 3.05) is 5.32 Å². The van der Waals surface area contributed by atoms with Crippen LogP contribution in [0, 0.1) is 5.82 Å². The topological polar surface area (TPSA) is 86.1 Å². The van der Waals surface area contributed by atoms with Gasteiger partial charge < -0.3 is 4.74 Å². The van der Waals surface area contributed by atoms with Crippen molar-refractivity contribution in [3.05, 3.63) is 100 Å². The van der Waals surface area contributed by atoms with Crippen LogP contribution in [-0.2, 0) is 28.5 Å². The molecule has 11 heteroatoms. The van der Waals surface area contributed by atoms with E-state index in [0.717, 1.165) is 28.5 Å². The van der Waals surface area contributed by atoms with Crippen molar-refractivity contribution in [1.29, 1.82) is 0 Å². The zero-order chi connectivity index (χ0) is 30.4. The summed E-state index contributed by atoms with van der Waals surface area (Å²) in [4.78, 5) is 30.4. The van der Waals surface area contributed by atoms with Gasteiger partial charge in [0.25, 0.3) is 0 Å². The first kappa shape index (κ1) is 29.0. The summed E-state index contributed by atoms with van der Waals surface area (Å²) in [5.41, 5.74) is 0.208. The second-order valence-electron chi connectivity index (χ2n) is 11.3. The van der Waals surface area contributed by atoms with E-state index >= 15 is 0 Å². The van der Waals surface area contributed by atoms with Crippen molar-refractivity contribution in [1.82, 2.24) is 14.8 Å². The van der Waals surface area contributed by atoms with Crippen LogP contribution in [0.25, 0.3) is 10.8 Å². The van der Waals surface area contributed by atoms with Gasteiger partial charge in [0.05, 0.1) is 5.56 Å². The molecule has 0 radical (unpaired) electrons. The summed E-state index contributed by atoms with van der Waals surface area (Å²) in [6.07, 6.45) is -1.97. The first-order valence-corrected chi connectivity index (χ1v) is 13.2. The number of fused-ring (bicyclic) bond motifs is 2. The molecule has 1 N–H and O–H groups in total. The van der Waals surface area contributed by atoms with Crippen molar-refractivity contribution in [3.63, 3.8) is 0 Å². The molecule has 1 atom stereocenters. The molecular formula is C31H28F4N4O3. The van der Waals surface area contributed by atoms with E-state index in [-0.39, 0.29) is 30.0 Å². The largest absolute Gasteiger partial charge is 0.444 e. The molecule has 1 aliphatic heterocycles. The number of hydrogen-bond acceptors (Lipinski definition) is 5. The molecule has 0 spiro atoms. The van der Waals surface area contributed by atoms with Crippen LogP contribution in [0.15, 0.2) is 72.1 Å². The van der Waals surface area contributed by atoms with Gasteiger partial charge in [-0.1, -0.05) is 29.8 Å². The van der Waals surface area contributed by atoms with Gasteiger partial charge in [-0.25, -0.2) is 9.18 Å². The molecule has 3 heterocycles. The molecule has 1 unspecified atom stereocenters. The Hall–Kier alpha value is -4.54. The summed E-state index contributed by atoms with van der Waals surface area (Å²) < 4.78 is 61.6. The number of hydrogen-bond donors (Lipinski definition) is 1. The average molecular weight is 581 g/mol. The minimum absolute atomic E-state index is 0.00414. The minimum Gasteiger partial charge on any atom is -0.444 e. The van der Waals surface area contributed by atoms with E-state index in [1.807, 2.05) is 24.3 Å².